The number of rotatable bonds is 7. The third-order valence-corrected chi connectivity index (χ3v) is 2.96. The first kappa shape index (κ1) is 16.8. The molecule has 0 aromatic heterocycles. The van der Waals surface area contributed by atoms with E-state index in [0.717, 1.165) is 10.6 Å². The highest BCUT2D eigenvalue weighted by molar-refractivity contribution is 6.02. The molecule has 0 spiro atoms. The van der Waals surface area contributed by atoms with Crippen molar-refractivity contribution >= 4 is 18.2 Å². The summed E-state index contributed by atoms with van der Waals surface area (Å²) in [5.74, 6) is 1.35. The lowest BCUT2D eigenvalue weighted by molar-refractivity contribution is -0.118. The average Bonchev–Trinajstić information content (AvgIpc) is 2.82. The van der Waals surface area contributed by atoms with E-state index in [0.29, 0.717) is 30.6 Å². The van der Waals surface area contributed by atoms with Crippen LogP contribution in [0.4, 0.5) is 4.79 Å². The second kappa shape index (κ2) is 7.62. The summed E-state index contributed by atoms with van der Waals surface area (Å²) >= 11 is 0. The zero-order chi connectivity index (χ0) is 16.8. The number of hydrogen-bond donors (Lipinski definition) is 1. The van der Waals surface area contributed by atoms with Gasteiger partial charge >= 0.3 is 6.03 Å². The number of amides is 3. The third kappa shape index (κ3) is 4.70. The SMILES string of the molecule is CCOc1cc(/C=N\N2CC(=O)NC2=O)ccc1OCC(C)C. The van der Waals surface area contributed by atoms with Gasteiger partial charge in [0.25, 0.3) is 0 Å². The summed E-state index contributed by atoms with van der Waals surface area (Å²) in [4.78, 5) is 22.5. The lowest BCUT2D eigenvalue weighted by Gasteiger charge is -2.14. The Hall–Kier alpha value is -2.57. The molecule has 7 heteroatoms. The quantitative estimate of drug-likeness (QED) is 0.616. The van der Waals surface area contributed by atoms with Crippen LogP contribution in [0.25, 0.3) is 0 Å². The van der Waals surface area contributed by atoms with Crippen molar-refractivity contribution in [3.05, 3.63) is 23.8 Å². The molecule has 1 aliphatic heterocycles. The van der Waals surface area contributed by atoms with Crippen LogP contribution in [0.1, 0.15) is 26.3 Å². The van der Waals surface area contributed by atoms with E-state index in [-0.39, 0.29) is 12.5 Å². The van der Waals surface area contributed by atoms with Gasteiger partial charge in [0.2, 0.25) is 5.91 Å². The minimum atomic E-state index is -0.520. The normalized spacial score (nSPS) is 14.7. The van der Waals surface area contributed by atoms with Crippen molar-refractivity contribution in [1.82, 2.24) is 10.3 Å². The molecule has 2 rings (SSSR count). The molecule has 0 saturated carbocycles. The first-order valence-electron chi connectivity index (χ1n) is 7.54. The predicted molar refractivity (Wildman–Crippen MR) is 85.8 cm³/mol. The summed E-state index contributed by atoms with van der Waals surface area (Å²) in [5, 5.41) is 7.25. The van der Waals surface area contributed by atoms with E-state index in [1.54, 1.807) is 6.07 Å². The lowest BCUT2D eigenvalue weighted by Crippen LogP contribution is -2.24. The zero-order valence-corrected chi connectivity index (χ0v) is 13.5. The molecule has 0 aliphatic carbocycles. The van der Waals surface area contributed by atoms with Gasteiger partial charge < -0.3 is 9.47 Å². The molecule has 0 unspecified atom stereocenters. The van der Waals surface area contributed by atoms with E-state index in [2.05, 4.69) is 24.3 Å². The summed E-state index contributed by atoms with van der Waals surface area (Å²) in [6.07, 6.45) is 1.51. The van der Waals surface area contributed by atoms with Crippen LogP contribution in [0.3, 0.4) is 0 Å². The molecule has 3 amide bonds. The van der Waals surface area contributed by atoms with Crippen molar-refractivity contribution in [3.63, 3.8) is 0 Å². The number of hydrazone groups is 1. The van der Waals surface area contributed by atoms with Gasteiger partial charge in [-0.3, -0.25) is 10.1 Å². The number of carbonyl (C=O) groups is 2. The smallest absolute Gasteiger partial charge is 0.344 e. The van der Waals surface area contributed by atoms with Crippen molar-refractivity contribution in [1.29, 1.82) is 0 Å². The molecule has 1 saturated heterocycles. The Morgan fingerprint density at radius 1 is 1.30 bits per heavy atom. The van der Waals surface area contributed by atoms with E-state index in [4.69, 9.17) is 9.47 Å². The summed E-state index contributed by atoms with van der Waals surface area (Å²) < 4.78 is 11.3. The van der Waals surface area contributed by atoms with Crippen LogP contribution in [0.5, 0.6) is 11.5 Å². The highest BCUT2D eigenvalue weighted by atomic mass is 16.5. The van der Waals surface area contributed by atoms with E-state index in [1.807, 2.05) is 19.1 Å². The topological polar surface area (TPSA) is 80.2 Å². The monoisotopic (exact) mass is 319 g/mol. The standard InChI is InChI=1S/C16H21N3O4/c1-4-22-14-7-12(5-6-13(14)23-10-11(2)3)8-17-19-9-15(20)18-16(19)21/h5-8,11H,4,9-10H2,1-3H3,(H,18,20,21)/b17-8-. The van der Waals surface area contributed by atoms with Gasteiger partial charge in [-0.1, -0.05) is 13.8 Å². The number of nitrogens with one attached hydrogen (secondary N) is 1. The maximum atomic E-state index is 11.4. The molecule has 0 bridgehead atoms. The van der Waals surface area contributed by atoms with E-state index < -0.39 is 6.03 Å². The molecule has 1 fully saturated rings. The number of nitrogens with zero attached hydrogens (tertiary/aromatic N) is 2. The van der Waals surface area contributed by atoms with Crippen molar-refractivity contribution in [2.75, 3.05) is 19.8 Å². The Kier molecular flexibility index (Phi) is 5.56. The number of hydrogen-bond acceptors (Lipinski definition) is 5. The van der Waals surface area contributed by atoms with Crippen molar-refractivity contribution < 1.29 is 19.1 Å². The van der Waals surface area contributed by atoms with Crippen molar-refractivity contribution in [2.24, 2.45) is 11.0 Å². The number of ether oxygens (including phenoxy) is 2. The minimum Gasteiger partial charge on any atom is -0.490 e. The highest BCUT2D eigenvalue weighted by Crippen LogP contribution is 2.28. The van der Waals surface area contributed by atoms with E-state index in [1.165, 1.54) is 6.21 Å². The lowest BCUT2D eigenvalue weighted by atomic mass is 10.2. The Balaban J connectivity index is 2.11. The molecule has 1 N–H and O–H groups in total. The Labute approximate surface area is 135 Å². The fourth-order valence-electron chi connectivity index (χ4n) is 1.91. The molecule has 0 atom stereocenters. The van der Waals surface area contributed by atoms with Crippen molar-refractivity contribution in [2.45, 2.75) is 20.8 Å². The van der Waals surface area contributed by atoms with Gasteiger partial charge in [-0.25, -0.2) is 9.80 Å². The Bertz CT molecular complexity index is 613. The molecule has 23 heavy (non-hydrogen) atoms. The first-order chi connectivity index (χ1) is 11.0. The van der Waals surface area contributed by atoms with Gasteiger partial charge in [0, 0.05) is 0 Å². The largest absolute Gasteiger partial charge is 0.490 e. The van der Waals surface area contributed by atoms with Gasteiger partial charge in [0.15, 0.2) is 11.5 Å². The van der Waals surface area contributed by atoms with Gasteiger partial charge in [-0.05, 0) is 36.6 Å². The van der Waals surface area contributed by atoms with Crippen LogP contribution in [0.2, 0.25) is 0 Å². The molecule has 1 aliphatic rings. The zero-order valence-electron chi connectivity index (χ0n) is 13.5. The van der Waals surface area contributed by atoms with E-state index in [9.17, 15) is 9.59 Å². The molecular formula is C16H21N3O4. The van der Waals surface area contributed by atoms with Gasteiger partial charge in [0.05, 0.1) is 19.4 Å². The number of urea groups is 1. The second-order valence-corrected chi connectivity index (χ2v) is 5.50. The van der Waals surface area contributed by atoms with Crippen LogP contribution in [-0.4, -0.2) is 42.9 Å². The van der Waals surface area contributed by atoms with Gasteiger partial charge in [-0.15, -0.1) is 0 Å². The predicted octanol–water partition coefficient (Wildman–Crippen LogP) is 2.01. The summed E-state index contributed by atoms with van der Waals surface area (Å²) in [7, 11) is 0. The molecule has 1 aromatic carbocycles. The molecule has 7 nitrogen and oxygen atoms in total. The van der Waals surface area contributed by atoms with Crippen molar-refractivity contribution in [3.8, 4) is 11.5 Å². The van der Waals surface area contributed by atoms with Gasteiger partial charge in [0.1, 0.15) is 6.54 Å². The maximum Gasteiger partial charge on any atom is 0.344 e. The van der Waals surface area contributed by atoms with Gasteiger partial charge in [-0.2, -0.15) is 5.10 Å². The summed E-state index contributed by atoms with van der Waals surface area (Å²) in [6, 6.07) is 4.90. The number of benzene rings is 1. The number of imide groups is 1. The summed E-state index contributed by atoms with van der Waals surface area (Å²) in [5.41, 5.74) is 0.748. The third-order valence-electron chi connectivity index (χ3n) is 2.96. The fourth-order valence-corrected chi connectivity index (χ4v) is 1.91. The minimum absolute atomic E-state index is 0.0662. The number of carbonyl (C=O) groups excluding carboxylic acids is 2. The molecular weight excluding hydrogens is 298 g/mol. The average molecular weight is 319 g/mol. The van der Waals surface area contributed by atoms with E-state index >= 15 is 0 Å². The molecule has 1 aromatic rings. The Morgan fingerprint density at radius 2 is 2.09 bits per heavy atom. The van der Waals surface area contributed by atoms with Crippen LogP contribution < -0.4 is 14.8 Å². The molecule has 0 radical (unpaired) electrons. The van der Waals surface area contributed by atoms with Crippen LogP contribution >= 0.6 is 0 Å². The highest BCUT2D eigenvalue weighted by Gasteiger charge is 2.25. The van der Waals surface area contributed by atoms with Crippen LogP contribution in [-0.2, 0) is 4.79 Å². The fraction of sp³-hybridized carbons (Fsp3) is 0.438. The van der Waals surface area contributed by atoms with Crippen LogP contribution in [0.15, 0.2) is 23.3 Å². The molecule has 124 valence electrons. The Morgan fingerprint density at radius 3 is 2.70 bits per heavy atom. The summed E-state index contributed by atoms with van der Waals surface area (Å²) in [6.45, 7) is 7.09. The van der Waals surface area contributed by atoms with Crippen LogP contribution in [0, 0.1) is 5.92 Å². The maximum absolute atomic E-state index is 11.4. The first-order valence-corrected chi connectivity index (χ1v) is 7.54. The second-order valence-electron chi connectivity index (χ2n) is 5.50. The molecule has 1 heterocycles.